The van der Waals surface area contributed by atoms with Crippen molar-refractivity contribution in [1.82, 2.24) is 0 Å². The Morgan fingerprint density at radius 1 is 0.875 bits per heavy atom. The first kappa shape index (κ1) is 14.0. The van der Waals surface area contributed by atoms with Gasteiger partial charge in [0.2, 0.25) is 0 Å². The molecule has 1 heterocycles. The molecule has 1 saturated heterocycles. The molecule has 2 heteroatoms. The lowest BCUT2D eigenvalue weighted by Crippen LogP contribution is -2.25. The van der Waals surface area contributed by atoms with E-state index in [0.717, 1.165) is 19.6 Å². The molecule has 95 valence electrons. The standard InChI is InChI=1S/C14H27O2/c1-2-3-4-5-6-7-8-9-11-14-15-12-10-13-16-14/h10,14H,2-9,11-13H2,1H3. The van der Waals surface area contributed by atoms with Crippen LogP contribution in [0.4, 0.5) is 0 Å². The first-order valence-corrected chi connectivity index (χ1v) is 6.98. The monoisotopic (exact) mass is 227 g/mol. The van der Waals surface area contributed by atoms with E-state index in [2.05, 4.69) is 6.92 Å². The van der Waals surface area contributed by atoms with E-state index in [9.17, 15) is 0 Å². The third kappa shape index (κ3) is 7.24. The molecule has 0 aromatic heterocycles. The van der Waals surface area contributed by atoms with E-state index < -0.39 is 0 Å². The van der Waals surface area contributed by atoms with Crippen molar-refractivity contribution >= 4 is 0 Å². The fourth-order valence-electron chi connectivity index (χ4n) is 2.06. The summed E-state index contributed by atoms with van der Waals surface area (Å²) in [5.41, 5.74) is 0. The largest absolute Gasteiger partial charge is 0.352 e. The van der Waals surface area contributed by atoms with Crippen LogP contribution in [-0.2, 0) is 9.47 Å². The maximum atomic E-state index is 5.46. The summed E-state index contributed by atoms with van der Waals surface area (Å²) in [6.45, 7) is 3.80. The van der Waals surface area contributed by atoms with Crippen LogP contribution >= 0.6 is 0 Å². The minimum absolute atomic E-state index is 0.0742. The fraction of sp³-hybridized carbons (Fsp3) is 0.929. The highest BCUT2D eigenvalue weighted by Gasteiger charge is 2.12. The maximum absolute atomic E-state index is 5.46. The van der Waals surface area contributed by atoms with Gasteiger partial charge in [-0.3, -0.25) is 0 Å². The molecule has 0 aliphatic carbocycles. The Morgan fingerprint density at radius 3 is 2.06 bits per heavy atom. The van der Waals surface area contributed by atoms with E-state index in [1.807, 2.05) is 6.42 Å². The summed E-state index contributed by atoms with van der Waals surface area (Å²) in [5, 5.41) is 0. The van der Waals surface area contributed by atoms with E-state index >= 15 is 0 Å². The molecule has 1 rings (SSSR count). The van der Waals surface area contributed by atoms with E-state index in [1.165, 1.54) is 51.4 Å². The van der Waals surface area contributed by atoms with Crippen molar-refractivity contribution in [2.24, 2.45) is 0 Å². The molecular formula is C14H27O2. The number of ether oxygens (including phenoxy) is 2. The number of rotatable bonds is 9. The molecular weight excluding hydrogens is 200 g/mol. The van der Waals surface area contributed by atoms with Crippen LogP contribution < -0.4 is 0 Å². The molecule has 2 nitrogen and oxygen atoms in total. The normalized spacial score (nSPS) is 17.8. The van der Waals surface area contributed by atoms with Gasteiger partial charge in [-0.25, -0.2) is 0 Å². The Morgan fingerprint density at radius 2 is 1.44 bits per heavy atom. The Bertz CT molecular complexity index is 142. The second-order valence-electron chi connectivity index (χ2n) is 4.65. The molecule has 0 bridgehead atoms. The highest BCUT2D eigenvalue weighted by atomic mass is 16.7. The van der Waals surface area contributed by atoms with Gasteiger partial charge in [0.1, 0.15) is 0 Å². The lowest BCUT2D eigenvalue weighted by Gasteiger charge is -2.22. The average molecular weight is 227 g/mol. The molecule has 0 aromatic carbocycles. The van der Waals surface area contributed by atoms with Crippen LogP contribution in [0, 0.1) is 6.42 Å². The summed E-state index contributed by atoms with van der Waals surface area (Å²) >= 11 is 0. The highest BCUT2D eigenvalue weighted by molar-refractivity contribution is 4.67. The van der Waals surface area contributed by atoms with Crippen molar-refractivity contribution in [3.05, 3.63) is 6.42 Å². The van der Waals surface area contributed by atoms with Gasteiger partial charge in [0, 0.05) is 6.42 Å². The molecule has 1 aliphatic heterocycles. The van der Waals surface area contributed by atoms with Crippen LogP contribution in [-0.4, -0.2) is 19.5 Å². The van der Waals surface area contributed by atoms with Gasteiger partial charge in [-0.2, -0.15) is 0 Å². The van der Waals surface area contributed by atoms with Gasteiger partial charge in [-0.1, -0.05) is 51.9 Å². The van der Waals surface area contributed by atoms with E-state index in [0.29, 0.717) is 0 Å². The minimum Gasteiger partial charge on any atom is -0.352 e. The Balaban J connectivity index is 1.77. The van der Waals surface area contributed by atoms with Gasteiger partial charge in [0.25, 0.3) is 0 Å². The highest BCUT2D eigenvalue weighted by Crippen LogP contribution is 2.14. The van der Waals surface area contributed by atoms with Crippen LogP contribution in [0.15, 0.2) is 0 Å². The Hall–Kier alpha value is -0.0800. The van der Waals surface area contributed by atoms with Gasteiger partial charge < -0.3 is 9.47 Å². The minimum atomic E-state index is 0.0742. The van der Waals surface area contributed by atoms with Crippen LogP contribution in [0.2, 0.25) is 0 Å². The average Bonchev–Trinajstić information content (AvgIpc) is 2.34. The summed E-state index contributed by atoms with van der Waals surface area (Å²) in [7, 11) is 0. The number of hydrogen-bond acceptors (Lipinski definition) is 2. The second-order valence-corrected chi connectivity index (χ2v) is 4.65. The molecule has 0 N–H and O–H groups in total. The Labute approximate surface area is 101 Å². The number of hydrogen-bond donors (Lipinski definition) is 0. The molecule has 0 saturated carbocycles. The van der Waals surface area contributed by atoms with E-state index in [-0.39, 0.29) is 6.29 Å². The van der Waals surface area contributed by atoms with Crippen molar-refractivity contribution < 1.29 is 9.47 Å². The fourth-order valence-corrected chi connectivity index (χ4v) is 2.06. The zero-order valence-corrected chi connectivity index (χ0v) is 10.7. The van der Waals surface area contributed by atoms with E-state index in [1.54, 1.807) is 0 Å². The van der Waals surface area contributed by atoms with Gasteiger partial charge in [-0.05, 0) is 12.8 Å². The second kappa shape index (κ2) is 10.1. The Kier molecular flexibility index (Phi) is 8.83. The molecule has 16 heavy (non-hydrogen) atoms. The zero-order chi connectivity index (χ0) is 11.5. The predicted octanol–water partition coefficient (Wildman–Crippen LogP) is 4.09. The van der Waals surface area contributed by atoms with Crippen molar-refractivity contribution in [2.45, 2.75) is 71.0 Å². The molecule has 0 unspecified atom stereocenters. The molecule has 1 radical (unpaired) electrons. The van der Waals surface area contributed by atoms with Gasteiger partial charge in [0.05, 0.1) is 13.2 Å². The third-order valence-corrected chi connectivity index (χ3v) is 3.09. The van der Waals surface area contributed by atoms with Crippen LogP contribution in [0.3, 0.4) is 0 Å². The maximum Gasteiger partial charge on any atom is 0.157 e. The lowest BCUT2D eigenvalue weighted by atomic mass is 10.1. The topological polar surface area (TPSA) is 18.5 Å². The third-order valence-electron chi connectivity index (χ3n) is 3.09. The summed E-state index contributed by atoms with van der Waals surface area (Å²) in [6.07, 6.45) is 14.1. The molecule has 0 aromatic rings. The number of unbranched alkanes of at least 4 members (excludes halogenated alkanes) is 7. The predicted molar refractivity (Wildman–Crippen MR) is 67.2 cm³/mol. The van der Waals surface area contributed by atoms with Crippen molar-refractivity contribution in [1.29, 1.82) is 0 Å². The summed E-state index contributed by atoms with van der Waals surface area (Å²) in [6, 6.07) is 0. The van der Waals surface area contributed by atoms with E-state index in [4.69, 9.17) is 9.47 Å². The lowest BCUT2D eigenvalue weighted by molar-refractivity contribution is -0.162. The van der Waals surface area contributed by atoms with Crippen LogP contribution in [0.5, 0.6) is 0 Å². The summed E-state index contributed by atoms with van der Waals surface area (Å²) in [4.78, 5) is 0. The smallest absolute Gasteiger partial charge is 0.157 e. The van der Waals surface area contributed by atoms with Crippen molar-refractivity contribution in [2.75, 3.05) is 13.2 Å². The first-order chi connectivity index (χ1) is 7.93. The van der Waals surface area contributed by atoms with Gasteiger partial charge in [0.15, 0.2) is 6.29 Å². The van der Waals surface area contributed by atoms with Gasteiger partial charge >= 0.3 is 0 Å². The molecule has 0 atom stereocenters. The molecule has 1 aliphatic rings. The van der Waals surface area contributed by atoms with Crippen molar-refractivity contribution in [3.63, 3.8) is 0 Å². The van der Waals surface area contributed by atoms with Crippen molar-refractivity contribution in [3.8, 4) is 0 Å². The molecule has 0 amide bonds. The summed E-state index contributed by atoms with van der Waals surface area (Å²) in [5.74, 6) is 0. The van der Waals surface area contributed by atoms with Gasteiger partial charge in [-0.15, -0.1) is 0 Å². The first-order valence-electron chi connectivity index (χ1n) is 6.98. The summed E-state index contributed by atoms with van der Waals surface area (Å²) < 4.78 is 10.9. The zero-order valence-electron chi connectivity index (χ0n) is 10.7. The molecule has 0 spiro atoms. The quantitative estimate of drug-likeness (QED) is 0.552. The van der Waals surface area contributed by atoms with Crippen LogP contribution in [0.25, 0.3) is 0 Å². The molecule has 1 fully saturated rings. The SMILES string of the molecule is CCCCCCCCCCC1OC[CH]CO1. The van der Waals surface area contributed by atoms with Crippen LogP contribution in [0.1, 0.15) is 64.7 Å².